The molecule has 6 heteroatoms. The number of hydrogen-bond donors (Lipinski definition) is 0. The molecule has 0 bridgehead atoms. The number of ether oxygens (including phenoxy) is 1. The highest BCUT2D eigenvalue weighted by Gasteiger charge is 2.19. The highest BCUT2D eigenvalue weighted by molar-refractivity contribution is 5.94. The molecule has 26 heavy (non-hydrogen) atoms. The average molecular weight is 360 g/mol. The second-order valence-electron chi connectivity index (χ2n) is 6.32. The molecule has 0 saturated carbocycles. The van der Waals surface area contributed by atoms with Gasteiger partial charge in [0.15, 0.2) is 0 Å². The predicted octanol–water partition coefficient (Wildman–Crippen LogP) is 2.94. The van der Waals surface area contributed by atoms with Gasteiger partial charge in [-0.3, -0.25) is 9.69 Å². The number of halogens is 2. The molecule has 0 N–H and O–H groups in total. The van der Waals surface area contributed by atoms with Gasteiger partial charge < -0.3 is 9.64 Å². The SMILES string of the molecule is O=C(c1ccc(F)cc1)N(CCN1CCOCC1)Cc1cccc(F)c1. The van der Waals surface area contributed by atoms with Crippen molar-refractivity contribution in [3.8, 4) is 0 Å². The maximum absolute atomic E-state index is 13.5. The highest BCUT2D eigenvalue weighted by Crippen LogP contribution is 2.13. The van der Waals surface area contributed by atoms with E-state index in [2.05, 4.69) is 4.90 Å². The van der Waals surface area contributed by atoms with Crippen molar-refractivity contribution < 1.29 is 18.3 Å². The van der Waals surface area contributed by atoms with E-state index in [1.54, 1.807) is 17.0 Å². The maximum atomic E-state index is 13.5. The second kappa shape index (κ2) is 8.87. The van der Waals surface area contributed by atoms with Crippen molar-refractivity contribution in [1.29, 1.82) is 0 Å². The van der Waals surface area contributed by atoms with Crippen LogP contribution >= 0.6 is 0 Å². The molecule has 1 aliphatic heterocycles. The molecule has 1 heterocycles. The lowest BCUT2D eigenvalue weighted by Gasteiger charge is -2.30. The number of morpholine rings is 1. The maximum Gasteiger partial charge on any atom is 0.254 e. The predicted molar refractivity (Wildman–Crippen MR) is 94.8 cm³/mol. The van der Waals surface area contributed by atoms with Crippen molar-refractivity contribution in [2.75, 3.05) is 39.4 Å². The first-order valence-electron chi connectivity index (χ1n) is 8.71. The zero-order valence-electron chi connectivity index (χ0n) is 14.5. The van der Waals surface area contributed by atoms with Gasteiger partial charge in [-0.25, -0.2) is 8.78 Å². The quantitative estimate of drug-likeness (QED) is 0.794. The molecular formula is C20H22F2N2O2. The van der Waals surface area contributed by atoms with E-state index in [-0.39, 0.29) is 17.5 Å². The van der Waals surface area contributed by atoms with Gasteiger partial charge in [-0.15, -0.1) is 0 Å². The number of rotatable bonds is 6. The van der Waals surface area contributed by atoms with Crippen LogP contribution in [-0.4, -0.2) is 55.1 Å². The van der Waals surface area contributed by atoms with Crippen LogP contribution in [0.3, 0.4) is 0 Å². The lowest BCUT2D eigenvalue weighted by Crippen LogP contribution is -2.42. The van der Waals surface area contributed by atoms with Crippen LogP contribution in [0.4, 0.5) is 8.78 Å². The van der Waals surface area contributed by atoms with Crippen molar-refractivity contribution in [3.05, 3.63) is 71.3 Å². The number of benzene rings is 2. The molecule has 4 nitrogen and oxygen atoms in total. The first-order chi connectivity index (χ1) is 12.6. The van der Waals surface area contributed by atoms with Gasteiger partial charge in [0.2, 0.25) is 0 Å². The number of carbonyl (C=O) groups excluding carboxylic acids is 1. The molecule has 0 aliphatic carbocycles. The number of carbonyl (C=O) groups is 1. The monoisotopic (exact) mass is 360 g/mol. The minimum Gasteiger partial charge on any atom is -0.379 e. The summed E-state index contributed by atoms with van der Waals surface area (Å²) in [6, 6.07) is 11.7. The normalized spacial score (nSPS) is 15.0. The Hall–Kier alpha value is -2.31. The summed E-state index contributed by atoms with van der Waals surface area (Å²) in [5.74, 6) is -0.904. The Kier molecular flexibility index (Phi) is 6.30. The van der Waals surface area contributed by atoms with Crippen LogP contribution in [0.25, 0.3) is 0 Å². The summed E-state index contributed by atoms with van der Waals surface area (Å²) in [4.78, 5) is 16.8. The second-order valence-corrected chi connectivity index (χ2v) is 6.32. The van der Waals surface area contributed by atoms with Gasteiger partial charge in [0.25, 0.3) is 5.91 Å². The number of hydrogen-bond acceptors (Lipinski definition) is 3. The molecule has 3 rings (SSSR count). The van der Waals surface area contributed by atoms with Crippen LogP contribution in [0.1, 0.15) is 15.9 Å². The van der Waals surface area contributed by atoms with Crippen molar-refractivity contribution >= 4 is 5.91 Å². The van der Waals surface area contributed by atoms with Gasteiger partial charge in [-0.05, 0) is 42.0 Å². The average Bonchev–Trinajstić information content (AvgIpc) is 2.66. The van der Waals surface area contributed by atoms with Crippen LogP contribution < -0.4 is 0 Å². The fraction of sp³-hybridized carbons (Fsp3) is 0.350. The minimum absolute atomic E-state index is 0.192. The van der Waals surface area contributed by atoms with Gasteiger partial charge in [0.05, 0.1) is 13.2 Å². The van der Waals surface area contributed by atoms with E-state index in [9.17, 15) is 13.6 Å². The lowest BCUT2D eigenvalue weighted by atomic mass is 10.1. The summed E-state index contributed by atoms with van der Waals surface area (Å²) in [5, 5.41) is 0. The largest absolute Gasteiger partial charge is 0.379 e. The Morgan fingerprint density at radius 2 is 1.77 bits per heavy atom. The van der Waals surface area contributed by atoms with Crippen LogP contribution in [0, 0.1) is 11.6 Å². The molecule has 0 spiro atoms. The standard InChI is InChI=1S/C20H22F2N2O2/c21-18-6-4-17(5-7-18)20(25)24(9-8-23-10-12-26-13-11-23)15-16-2-1-3-19(22)14-16/h1-7,14H,8-13,15H2. The van der Waals surface area contributed by atoms with E-state index in [1.165, 1.54) is 36.4 Å². The summed E-state index contributed by atoms with van der Waals surface area (Å²) in [6.07, 6.45) is 0. The van der Waals surface area contributed by atoms with Gasteiger partial charge in [0, 0.05) is 38.3 Å². The topological polar surface area (TPSA) is 32.8 Å². The van der Waals surface area contributed by atoms with Crippen molar-refractivity contribution in [3.63, 3.8) is 0 Å². The summed E-state index contributed by atoms with van der Waals surface area (Å²) < 4.78 is 32.0. The molecule has 0 unspecified atom stereocenters. The van der Waals surface area contributed by atoms with Crippen molar-refractivity contribution in [2.24, 2.45) is 0 Å². The molecule has 138 valence electrons. The van der Waals surface area contributed by atoms with Crippen LogP contribution in [-0.2, 0) is 11.3 Å². The molecule has 1 fully saturated rings. The van der Waals surface area contributed by atoms with Gasteiger partial charge in [0.1, 0.15) is 11.6 Å². The Balaban J connectivity index is 1.73. The van der Waals surface area contributed by atoms with Gasteiger partial charge >= 0.3 is 0 Å². The van der Waals surface area contributed by atoms with Gasteiger partial charge in [-0.2, -0.15) is 0 Å². The summed E-state index contributed by atoms with van der Waals surface area (Å²) >= 11 is 0. The molecule has 1 aliphatic rings. The van der Waals surface area contributed by atoms with Crippen LogP contribution in [0.2, 0.25) is 0 Å². The van der Waals surface area contributed by atoms with Crippen molar-refractivity contribution in [1.82, 2.24) is 9.80 Å². The van der Waals surface area contributed by atoms with E-state index < -0.39 is 0 Å². The Bertz CT molecular complexity index is 731. The lowest BCUT2D eigenvalue weighted by molar-refractivity contribution is 0.0320. The third kappa shape index (κ3) is 5.09. The molecule has 2 aromatic carbocycles. The summed E-state index contributed by atoms with van der Waals surface area (Å²) in [6.45, 7) is 4.57. The molecule has 2 aromatic rings. The van der Waals surface area contributed by atoms with Crippen molar-refractivity contribution in [2.45, 2.75) is 6.54 Å². The first-order valence-corrected chi connectivity index (χ1v) is 8.71. The third-order valence-corrected chi connectivity index (χ3v) is 4.43. The van der Waals surface area contributed by atoms with E-state index in [1.807, 2.05) is 0 Å². The Morgan fingerprint density at radius 1 is 1.04 bits per heavy atom. The summed E-state index contributed by atoms with van der Waals surface area (Å²) in [5.41, 5.74) is 1.15. The fourth-order valence-electron chi connectivity index (χ4n) is 2.97. The van der Waals surface area contributed by atoms with E-state index >= 15 is 0 Å². The molecule has 0 radical (unpaired) electrons. The third-order valence-electron chi connectivity index (χ3n) is 4.43. The first kappa shape index (κ1) is 18.5. The van der Waals surface area contributed by atoms with E-state index in [0.717, 1.165) is 18.7 Å². The highest BCUT2D eigenvalue weighted by atomic mass is 19.1. The minimum atomic E-state index is -0.383. The molecule has 0 atom stereocenters. The number of amides is 1. The summed E-state index contributed by atoms with van der Waals surface area (Å²) in [7, 11) is 0. The molecule has 1 amide bonds. The Labute approximate surface area is 152 Å². The Morgan fingerprint density at radius 3 is 2.46 bits per heavy atom. The molecule has 1 saturated heterocycles. The van der Waals surface area contributed by atoms with Gasteiger partial charge in [-0.1, -0.05) is 12.1 Å². The van der Waals surface area contributed by atoms with E-state index in [4.69, 9.17) is 4.74 Å². The fourth-order valence-corrected chi connectivity index (χ4v) is 2.97. The smallest absolute Gasteiger partial charge is 0.254 e. The zero-order chi connectivity index (χ0) is 18.4. The van der Waals surface area contributed by atoms with E-state index in [0.29, 0.717) is 38.4 Å². The van der Waals surface area contributed by atoms with Crippen LogP contribution in [0.5, 0.6) is 0 Å². The number of nitrogens with zero attached hydrogens (tertiary/aromatic N) is 2. The molecular weight excluding hydrogens is 338 g/mol. The molecule has 0 aromatic heterocycles. The zero-order valence-corrected chi connectivity index (χ0v) is 14.5. The van der Waals surface area contributed by atoms with Crippen LogP contribution in [0.15, 0.2) is 48.5 Å².